The SMILES string of the molecule is CCOC(=O)Cc1c(C(F)F)cc(CN)nc1Br. The van der Waals surface area contributed by atoms with Crippen molar-refractivity contribution in [3.05, 3.63) is 27.5 Å². The number of alkyl halides is 2. The first-order valence-corrected chi connectivity index (χ1v) is 6.10. The first-order valence-electron chi connectivity index (χ1n) is 5.31. The number of carbonyl (C=O) groups is 1. The molecule has 0 spiro atoms. The molecule has 0 aromatic carbocycles. The highest BCUT2D eigenvalue weighted by Crippen LogP contribution is 2.29. The molecular weight excluding hydrogens is 310 g/mol. The standard InChI is InChI=1S/C11H13BrF2N2O2/c1-2-18-9(17)4-7-8(11(13)14)3-6(5-15)16-10(7)12/h3,11H,2,4-5,15H2,1H3. The van der Waals surface area contributed by atoms with Gasteiger partial charge in [-0.3, -0.25) is 4.79 Å². The second kappa shape index (κ2) is 6.75. The molecule has 2 N–H and O–H groups in total. The molecule has 0 saturated carbocycles. The Morgan fingerprint density at radius 1 is 1.61 bits per heavy atom. The van der Waals surface area contributed by atoms with E-state index in [0.29, 0.717) is 5.69 Å². The summed E-state index contributed by atoms with van der Waals surface area (Å²) in [6.07, 6.45) is -2.94. The van der Waals surface area contributed by atoms with E-state index in [2.05, 4.69) is 20.9 Å². The fraction of sp³-hybridized carbons (Fsp3) is 0.455. The summed E-state index contributed by atoms with van der Waals surface area (Å²) in [6.45, 7) is 1.91. The van der Waals surface area contributed by atoms with Crippen molar-refractivity contribution < 1.29 is 18.3 Å². The molecule has 0 aliphatic carbocycles. The van der Waals surface area contributed by atoms with E-state index in [1.807, 2.05) is 0 Å². The third kappa shape index (κ3) is 3.71. The van der Waals surface area contributed by atoms with Crippen LogP contribution in [0.25, 0.3) is 0 Å². The lowest BCUT2D eigenvalue weighted by atomic mass is 10.1. The number of pyridine rings is 1. The second-order valence-corrected chi connectivity index (χ2v) is 4.21. The Balaban J connectivity index is 3.12. The minimum absolute atomic E-state index is 0.0536. The van der Waals surface area contributed by atoms with Crippen LogP contribution in [0.15, 0.2) is 10.7 Å². The van der Waals surface area contributed by atoms with Gasteiger partial charge in [-0.05, 0) is 28.9 Å². The number of nitrogens with zero attached hydrogens (tertiary/aromatic N) is 1. The maximum absolute atomic E-state index is 12.9. The second-order valence-electron chi connectivity index (χ2n) is 3.46. The number of hydrogen-bond donors (Lipinski definition) is 1. The third-order valence-corrected chi connectivity index (χ3v) is 2.89. The number of hydrogen-bond acceptors (Lipinski definition) is 4. The van der Waals surface area contributed by atoms with E-state index in [-0.39, 0.29) is 35.3 Å². The van der Waals surface area contributed by atoms with Gasteiger partial charge in [0.2, 0.25) is 0 Å². The van der Waals surface area contributed by atoms with Crippen molar-refractivity contribution in [2.24, 2.45) is 5.73 Å². The number of rotatable bonds is 5. The number of halogens is 3. The lowest BCUT2D eigenvalue weighted by Gasteiger charge is -2.12. The summed E-state index contributed by atoms with van der Waals surface area (Å²) in [5, 5.41) is 0. The molecular formula is C11H13BrF2N2O2. The smallest absolute Gasteiger partial charge is 0.310 e. The molecule has 0 atom stereocenters. The molecule has 4 nitrogen and oxygen atoms in total. The van der Waals surface area contributed by atoms with E-state index in [0.717, 1.165) is 0 Å². The molecule has 0 aliphatic heterocycles. The van der Waals surface area contributed by atoms with E-state index in [9.17, 15) is 13.6 Å². The highest BCUT2D eigenvalue weighted by atomic mass is 79.9. The van der Waals surface area contributed by atoms with Crippen LogP contribution in [0.3, 0.4) is 0 Å². The van der Waals surface area contributed by atoms with Gasteiger partial charge in [0.05, 0.1) is 18.7 Å². The van der Waals surface area contributed by atoms with Crippen LogP contribution in [0.1, 0.15) is 30.2 Å². The maximum Gasteiger partial charge on any atom is 0.310 e. The molecule has 0 radical (unpaired) electrons. The van der Waals surface area contributed by atoms with E-state index in [4.69, 9.17) is 10.5 Å². The summed E-state index contributed by atoms with van der Waals surface area (Å²) in [5.74, 6) is -0.567. The van der Waals surface area contributed by atoms with Gasteiger partial charge in [0, 0.05) is 17.7 Å². The normalized spacial score (nSPS) is 10.8. The van der Waals surface area contributed by atoms with Crippen LogP contribution in [0.2, 0.25) is 0 Å². The van der Waals surface area contributed by atoms with Gasteiger partial charge < -0.3 is 10.5 Å². The van der Waals surface area contributed by atoms with Crippen molar-refractivity contribution >= 4 is 21.9 Å². The van der Waals surface area contributed by atoms with Crippen molar-refractivity contribution in [1.29, 1.82) is 0 Å². The fourth-order valence-corrected chi connectivity index (χ4v) is 2.04. The predicted molar refractivity (Wildman–Crippen MR) is 65.1 cm³/mol. The molecule has 1 rings (SSSR count). The minimum atomic E-state index is -2.70. The summed E-state index contributed by atoms with van der Waals surface area (Å²) in [7, 11) is 0. The molecule has 0 bridgehead atoms. The van der Waals surface area contributed by atoms with Crippen LogP contribution >= 0.6 is 15.9 Å². The number of esters is 1. The van der Waals surface area contributed by atoms with E-state index in [1.54, 1.807) is 6.92 Å². The van der Waals surface area contributed by atoms with Crippen molar-refractivity contribution in [3.8, 4) is 0 Å². The number of carbonyl (C=O) groups excluding carboxylic acids is 1. The van der Waals surface area contributed by atoms with Crippen LogP contribution in [0, 0.1) is 0 Å². The quantitative estimate of drug-likeness (QED) is 0.667. The zero-order chi connectivity index (χ0) is 13.7. The van der Waals surface area contributed by atoms with E-state index >= 15 is 0 Å². The molecule has 18 heavy (non-hydrogen) atoms. The molecule has 1 aromatic heterocycles. The molecule has 0 saturated heterocycles. The molecule has 0 amide bonds. The van der Waals surface area contributed by atoms with Crippen LogP contribution in [-0.2, 0) is 22.5 Å². The van der Waals surface area contributed by atoms with E-state index < -0.39 is 12.4 Å². The Morgan fingerprint density at radius 2 is 2.28 bits per heavy atom. The summed E-state index contributed by atoms with van der Waals surface area (Å²) in [5.41, 5.74) is 5.60. The lowest BCUT2D eigenvalue weighted by molar-refractivity contribution is -0.142. The van der Waals surface area contributed by atoms with Crippen LogP contribution < -0.4 is 5.73 Å². The number of ether oxygens (including phenoxy) is 1. The number of nitrogens with two attached hydrogens (primary N) is 1. The zero-order valence-electron chi connectivity index (χ0n) is 9.75. The summed E-state index contributed by atoms with van der Waals surface area (Å²) >= 11 is 3.08. The van der Waals surface area contributed by atoms with Crippen molar-refractivity contribution in [2.45, 2.75) is 26.3 Å². The average molecular weight is 323 g/mol. The Labute approximate surface area is 112 Å². The van der Waals surface area contributed by atoms with Gasteiger partial charge in [-0.25, -0.2) is 13.8 Å². The van der Waals surface area contributed by atoms with Gasteiger partial charge in [-0.2, -0.15) is 0 Å². The van der Waals surface area contributed by atoms with Crippen LogP contribution in [0.4, 0.5) is 8.78 Å². The molecule has 0 aliphatic rings. The maximum atomic E-state index is 12.9. The fourth-order valence-electron chi connectivity index (χ4n) is 1.44. The van der Waals surface area contributed by atoms with Crippen molar-refractivity contribution in [1.82, 2.24) is 4.98 Å². The lowest BCUT2D eigenvalue weighted by Crippen LogP contribution is -2.12. The highest BCUT2D eigenvalue weighted by Gasteiger charge is 2.20. The Hall–Kier alpha value is -1.08. The third-order valence-electron chi connectivity index (χ3n) is 2.23. The molecule has 7 heteroatoms. The summed E-state index contributed by atoms with van der Waals surface area (Å²) in [6, 6.07) is 1.21. The van der Waals surface area contributed by atoms with E-state index in [1.165, 1.54) is 6.07 Å². The minimum Gasteiger partial charge on any atom is -0.466 e. The zero-order valence-corrected chi connectivity index (χ0v) is 11.3. The monoisotopic (exact) mass is 322 g/mol. The first-order chi connectivity index (χ1) is 8.49. The highest BCUT2D eigenvalue weighted by molar-refractivity contribution is 9.10. The Kier molecular flexibility index (Phi) is 5.61. The molecule has 1 aromatic rings. The Morgan fingerprint density at radius 3 is 2.78 bits per heavy atom. The Bertz CT molecular complexity index is 441. The first kappa shape index (κ1) is 15.0. The van der Waals surface area contributed by atoms with Crippen molar-refractivity contribution in [2.75, 3.05) is 6.61 Å². The van der Waals surface area contributed by atoms with Gasteiger partial charge in [-0.1, -0.05) is 0 Å². The summed E-state index contributed by atoms with van der Waals surface area (Å²) < 4.78 is 30.8. The topological polar surface area (TPSA) is 65.2 Å². The molecule has 0 fully saturated rings. The van der Waals surface area contributed by atoms with Crippen LogP contribution in [-0.4, -0.2) is 17.6 Å². The molecule has 100 valence electrons. The predicted octanol–water partition coefficient (Wildman–Crippen LogP) is 2.35. The van der Waals surface area contributed by atoms with Gasteiger partial charge in [-0.15, -0.1) is 0 Å². The van der Waals surface area contributed by atoms with Crippen molar-refractivity contribution in [3.63, 3.8) is 0 Å². The van der Waals surface area contributed by atoms with Gasteiger partial charge in [0.15, 0.2) is 0 Å². The largest absolute Gasteiger partial charge is 0.466 e. The van der Waals surface area contributed by atoms with Gasteiger partial charge >= 0.3 is 5.97 Å². The average Bonchev–Trinajstić information content (AvgIpc) is 2.31. The number of aromatic nitrogens is 1. The van der Waals surface area contributed by atoms with Crippen LogP contribution in [0.5, 0.6) is 0 Å². The molecule has 0 unspecified atom stereocenters. The molecule has 1 heterocycles. The van der Waals surface area contributed by atoms with Gasteiger partial charge in [0.1, 0.15) is 4.60 Å². The van der Waals surface area contributed by atoms with Gasteiger partial charge in [0.25, 0.3) is 6.43 Å². The summed E-state index contributed by atoms with van der Waals surface area (Å²) in [4.78, 5) is 15.4.